The Balaban J connectivity index is 1.94. The minimum Gasteiger partial charge on any atom is -0.373 e. The summed E-state index contributed by atoms with van der Waals surface area (Å²) in [5.74, 6) is 0.0264. The predicted octanol–water partition coefficient (Wildman–Crippen LogP) is 6.38. The van der Waals surface area contributed by atoms with E-state index in [1.54, 1.807) is 4.57 Å². The van der Waals surface area contributed by atoms with Crippen molar-refractivity contribution in [3.8, 4) is 0 Å². The molecule has 178 valence electrons. The van der Waals surface area contributed by atoms with Crippen molar-refractivity contribution < 1.29 is 14.3 Å². The summed E-state index contributed by atoms with van der Waals surface area (Å²) in [4.78, 5) is 28.1. The van der Waals surface area contributed by atoms with Gasteiger partial charge in [-0.25, -0.2) is 4.79 Å². The molecule has 0 unspecified atom stereocenters. The highest BCUT2D eigenvalue weighted by molar-refractivity contribution is 6.85. The van der Waals surface area contributed by atoms with Gasteiger partial charge in [0.05, 0.1) is 12.7 Å². The van der Waals surface area contributed by atoms with E-state index in [9.17, 15) is 9.59 Å². The quantitative estimate of drug-likeness (QED) is 0.367. The molecule has 1 saturated heterocycles. The molecule has 0 atom stereocenters. The van der Waals surface area contributed by atoms with Gasteiger partial charge in [-0.1, -0.05) is 98.1 Å². The van der Waals surface area contributed by atoms with Gasteiger partial charge in [0.1, 0.15) is 5.54 Å². The van der Waals surface area contributed by atoms with Gasteiger partial charge in [-0.2, -0.15) is 0 Å². The minimum absolute atomic E-state index is 0.00131. The number of ether oxygens (including phenoxy) is 1. The summed E-state index contributed by atoms with van der Waals surface area (Å²) in [7, 11) is -4.66. The minimum atomic E-state index is -2.37. The highest BCUT2D eigenvalue weighted by Gasteiger charge is 2.71. The smallest absolute Gasteiger partial charge is 0.311 e. The van der Waals surface area contributed by atoms with Crippen molar-refractivity contribution in [2.24, 2.45) is 0 Å². The summed E-state index contributed by atoms with van der Waals surface area (Å²) in [5, 5.41) is -0.148. The Bertz CT molecular complexity index is 879. The molecule has 1 spiro atoms. The van der Waals surface area contributed by atoms with Crippen LogP contribution in [0.3, 0.4) is 0 Å². The van der Waals surface area contributed by atoms with E-state index >= 15 is 0 Å². The Hall–Kier alpha value is -1.45. The van der Waals surface area contributed by atoms with Crippen molar-refractivity contribution in [3.05, 3.63) is 35.9 Å². The van der Waals surface area contributed by atoms with Crippen LogP contribution in [0.15, 0.2) is 30.3 Å². The van der Waals surface area contributed by atoms with Crippen LogP contribution < -0.4 is 0 Å². The molecule has 1 aliphatic heterocycles. The molecule has 1 heterocycles. The topological polar surface area (TPSA) is 49.9 Å². The van der Waals surface area contributed by atoms with E-state index in [2.05, 4.69) is 84.4 Å². The van der Waals surface area contributed by atoms with Crippen molar-refractivity contribution in [1.82, 2.24) is 9.13 Å². The maximum Gasteiger partial charge on any atom is 0.311 e. The molecule has 1 aromatic carbocycles. The third kappa shape index (κ3) is 3.80. The first-order chi connectivity index (χ1) is 14.5. The van der Waals surface area contributed by atoms with Crippen molar-refractivity contribution in [2.75, 3.05) is 0 Å². The molecule has 7 heteroatoms. The fourth-order valence-electron chi connectivity index (χ4n) is 4.57. The van der Waals surface area contributed by atoms with E-state index in [0.717, 1.165) is 5.56 Å². The predicted molar refractivity (Wildman–Crippen MR) is 135 cm³/mol. The number of hydrogen-bond acceptors (Lipinski definition) is 3. The molecule has 0 aromatic heterocycles. The van der Waals surface area contributed by atoms with E-state index in [4.69, 9.17) is 4.74 Å². The van der Waals surface area contributed by atoms with Crippen molar-refractivity contribution >= 4 is 28.4 Å². The zero-order chi connectivity index (χ0) is 24.3. The zero-order valence-corrected chi connectivity index (χ0v) is 23.7. The molecule has 32 heavy (non-hydrogen) atoms. The average molecular weight is 475 g/mol. The SMILES string of the molecule is CC(C)(C)[Si](C)(C)N1C(=O)N([Si](C)(C)C(C)(C)C)C2(CC(OCc3ccccc3)C2)C1=O. The van der Waals surface area contributed by atoms with Crippen LogP contribution in [0.25, 0.3) is 0 Å². The lowest BCUT2D eigenvalue weighted by molar-refractivity contribution is -0.144. The van der Waals surface area contributed by atoms with Crippen molar-refractivity contribution in [3.63, 3.8) is 0 Å². The maximum atomic E-state index is 14.1. The lowest BCUT2D eigenvalue weighted by atomic mass is 9.74. The molecule has 1 aliphatic carbocycles. The normalized spacial score (nSPS) is 25.0. The summed E-state index contributed by atoms with van der Waals surface area (Å²) in [6.45, 7) is 22.5. The van der Waals surface area contributed by atoms with Gasteiger partial charge in [-0.3, -0.25) is 9.36 Å². The van der Waals surface area contributed by atoms with E-state index < -0.39 is 22.0 Å². The molecule has 0 radical (unpaired) electrons. The van der Waals surface area contributed by atoms with E-state index in [-0.39, 0.29) is 28.1 Å². The second-order valence-electron chi connectivity index (χ2n) is 12.7. The monoisotopic (exact) mass is 474 g/mol. The zero-order valence-electron chi connectivity index (χ0n) is 21.7. The van der Waals surface area contributed by atoms with Gasteiger partial charge in [0.2, 0.25) is 5.91 Å². The van der Waals surface area contributed by atoms with E-state index in [0.29, 0.717) is 19.4 Å². The molecule has 2 aliphatic rings. The Morgan fingerprint density at radius 2 is 1.41 bits per heavy atom. The first-order valence-corrected chi connectivity index (χ1v) is 17.7. The largest absolute Gasteiger partial charge is 0.373 e. The van der Waals surface area contributed by atoms with Crippen LogP contribution in [0.5, 0.6) is 0 Å². The lowest BCUT2D eigenvalue weighted by Gasteiger charge is -2.55. The Morgan fingerprint density at radius 3 is 1.88 bits per heavy atom. The molecule has 2 fully saturated rings. The standard InChI is InChI=1S/C25H42N2O3Si2/c1-23(2,3)31(7,8)26-21(28)25(27(22(26)29)32(9,10)24(4,5)6)16-20(17-25)30-18-19-14-12-11-13-15-19/h11-15,20H,16-18H2,1-10H3. The summed E-state index contributed by atoms with van der Waals surface area (Å²) >= 11 is 0. The van der Waals surface area contributed by atoms with Crippen LogP contribution >= 0.6 is 0 Å². The van der Waals surface area contributed by atoms with Crippen molar-refractivity contribution in [1.29, 1.82) is 0 Å². The summed E-state index contributed by atoms with van der Waals surface area (Å²) in [6, 6.07) is 10.1. The molecular weight excluding hydrogens is 432 g/mol. The number of rotatable bonds is 5. The second kappa shape index (κ2) is 7.81. The molecule has 3 amide bonds. The first-order valence-electron chi connectivity index (χ1n) is 11.8. The number of amides is 3. The maximum absolute atomic E-state index is 14.1. The summed E-state index contributed by atoms with van der Waals surface area (Å²) in [5.41, 5.74) is 0.392. The van der Waals surface area contributed by atoms with Gasteiger partial charge < -0.3 is 9.30 Å². The average Bonchev–Trinajstić information content (AvgIpc) is 2.85. The summed E-state index contributed by atoms with van der Waals surface area (Å²) < 4.78 is 9.98. The lowest BCUT2D eigenvalue weighted by Crippen LogP contribution is -2.70. The second-order valence-corrected chi connectivity index (χ2v) is 22.9. The number of imide groups is 1. The molecule has 0 bridgehead atoms. The summed E-state index contributed by atoms with van der Waals surface area (Å²) in [6.07, 6.45) is 1.20. The fourth-order valence-corrected chi connectivity index (χ4v) is 9.23. The van der Waals surface area contributed by atoms with E-state index in [1.165, 1.54) is 0 Å². The molecule has 3 rings (SSSR count). The van der Waals surface area contributed by atoms with Crippen LogP contribution in [-0.2, 0) is 16.1 Å². The van der Waals surface area contributed by atoms with Crippen molar-refractivity contribution in [2.45, 2.75) is 109 Å². The van der Waals surface area contributed by atoms with Gasteiger partial charge >= 0.3 is 6.03 Å². The number of urea groups is 1. The van der Waals surface area contributed by atoms with Gasteiger partial charge in [0.25, 0.3) is 0 Å². The third-order valence-corrected chi connectivity index (χ3v) is 19.3. The van der Waals surface area contributed by atoms with Gasteiger partial charge in [0.15, 0.2) is 16.5 Å². The van der Waals surface area contributed by atoms with Crippen LogP contribution in [0.4, 0.5) is 4.79 Å². The fraction of sp³-hybridized carbons (Fsp3) is 0.680. The number of benzene rings is 1. The molecule has 5 nitrogen and oxygen atoms in total. The van der Waals surface area contributed by atoms with Gasteiger partial charge in [-0.05, 0) is 15.6 Å². The number of nitrogens with zero attached hydrogens (tertiary/aromatic N) is 2. The van der Waals surface area contributed by atoms with Crippen LogP contribution in [0, 0.1) is 0 Å². The third-order valence-electron chi connectivity index (χ3n) is 8.66. The Morgan fingerprint density at radius 1 is 0.906 bits per heavy atom. The van der Waals surface area contributed by atoms with Gasteiger partial charge in [-0.15, -0.1) is 0 Å². The number of hydrogen-bond donors (Lipinski definition) is 0. The van der Waals surface area contributed by atoms with Crippen LogP contribution in [0.1, 0.15) is 59.9 Å². The van der Waals surface area contributed by atoms with Crippen LogP contribution in [-0.4, -0.2) is 49.2 Å². The van der Waals surface area contributed by atoms with Gasteiger partial charge in [0, 0.05) is 12.8 Å². The molecule has 1 aromatic rings. The van der Waals surface area contributed by atoms with Crippen LogP contribution in [0.2, 0.25) is 36.3 Å². The molecule has 1 saturated carbocycles. The molecular formula is C25H42N2O3Si2. The Labute approximate surface area is 196 Å². The van der Waals surface area contributed by atoms with E-state index in [1.807, 2.05) is 18.2 Å². The highest BCUT2D eigenvalue weighted by atomic mass is 28.3. The number of carbonyl (C=O) groups excluding carboxylic acids is 2. The number of carbonyl (C=O) groups is 2. The highest BCUT2D eigenvalue weighted by Crippen LogP contribution is 2.55. The Kier molecular flexibility index (Phi) is 6.14. The molecule has 0 N–H and O–H groups in total. The first kappa shape index (κ1) is 25.2.